The van der Waals surface area contributed by atoms with Gasteiger partial charge in [-0.2, -0.15) is 0 Å². The molecule has 0 unspecified atom stereocenters. The van der Waals surface area contributed by atoms with Crippen molar-refractivity contribution >= 4 is 28.1 Å². The van der Waals surface area contributed by atoms with E-state index in [9.17, 15) is 0 Å². The fourth-order valence-corrected chi connectivity index (χ4v) is 2.53. The molecule has 2 heterocycles. The molecule has 4 nitrogen and oxygen atoms in total. The minimum absolute atomic E-state index is 0.864. The normalized spacial score (nSPS) is 13.8. The van der Waals surface area contributed by atoms with Gasteiger partial charge in [0.25, 0.3) is 0 Å². The van der Waals surface area contributed by atoms with E-state index in [1.165, 1.54) is 5.39 Å². The van der Waals surface area contributed by atoms with Crippen molar-refractivity contribution in [2.75, 3.05) is 12.1 Å². The number of aromatic nitrogens is 1. The van der Waals surface area contributed by atoms with Crippen molar-refractivity contribution < 1.29 is 0 Å². The predicted molar refractivity (Wildman–Crippen MR) is 82.5 cm³/mol. The van der Waals surface area contributed by atoms with Gasteiger partial charge in [0.15, 0.2) is 5.84 Å². The Balaban J connectivity index is 1.84. The third kappa shape index (κ3) is 1.66. The van der Waals surface area contributed by atoms with Gasteiger partial charge in [-0.15, -0.1) is 0 Å². The molecule has 1 aromatic heterocycles. The number of anilines is 1. The highest BCUT2D eigenvalue weighted by molar-refractivity contribution is 6.05. The van der Waals surface area contributed by atoms with Crippen molar-refractivity contribution in [1.82, 2.24) is 10.4 Å². The van der Waals surface area contributed by atoms with Crippen molar-refractivity contribution in [3.05, 3.63) is 60.3 Å². The number of benzene rings is 2. The Labute approximate surface area is 116 Å². The summed E-state index contributed by atoms with van der Waals surface area (Å²) in [6.45, 7) is 0. The zero-order chi connectivity index (χ0) is 13.5. The average Bonchev–Trinajstić information content (AvgIpc) is 2.94. The summed E-state index contributed by atoms with van der Waals surface area (Å²) in [5.41, 5.74) is 7.57. The summed E-state index contributed by atoms with van der Waals surface area (Å²) in [4.78, 5) is 7.94. The van der Waals surface area contributed by atoms with Crippen LogP contribution in [0.2, 0.25) is 0 Å². The zero-order valence-corrected chi connectivity index (χ0v) is 11.1. The summed E-state index contributed by atoms with van der Waals surface area (Å²) in [7, 11) is 2.00. The molecule has 2 N–H and O–H groups in total. The molecule has 0 saturated heterocycles. The Bertz CT molecular complexity index is 816. The monoisotopic (exact) mass is 262 g/mol. The van der Waals surface area contributed by atoms with Gasteiger partial charge >= 0.3 is 0 Å². The van der Waals surface area contributed by atoms with E-state index in [0.717, 1.165) is 28.3 Å². The van der Waals surface area contributed by atoms with E-state index in [1.807, 2.05) is 36.5 Å². The third-order valence-corrected chi connectivity index (χ3v) is 3.58. The molecular formula is C16H14N4. The molecule has 2 aromatic carbocycles. The van der Waals surface area contributed by atoms with Crippen LogP contribution in [0.3, 0.4) is 0 Å². The Morgan fingerprint density at radius 2 is 1.95 bits per heavy atom. The van der Waals surface area contributed by atoms with Gasteiger partial charge in [0, 0.05) is 24.3 Å². The standard InChI is InChI=1S/C16H14N4/c1-20-15-5-3-2-4-13(15)18-16(19-20)12-7-6-11-8-9-17-14(11)10-12/h2-10,17H,1H3,(H,18,19). The lowest BCUT2D eigenvalue weighted by molar-refractivity contribution is 0.864. The summed E-state index contributed by atoms with van der Waals surface area (Å²) < 4.78 is 0. The first-order valence-electron chi connectivity index (χ1n) is 6.57. The fraction of sp³-hybridized carbons (Fsp3) is 0.0625. The summed E-state index contributed by atoms with van der Waals surface area (Å²) in [6.07, 6.45) is 1.95. The molecule has 0 radical (unpaired) electrons. The van der Waals surface area contributed by atoms with Gasteiger partial charge in [0.2, 0.25) is 0 Å². The Hall–Kier alpha value is -2.75. The molecule has 0 fully saturated rings. The smallest absolute Gasteiger partial charge is 0.152 e. The first kappa shape index (κ1) is 11.1. The molecule has 0 spiro atoms. The molecule has 1 aliphatic heterocycles. The highest BCUT2D eigenvalue weighted by Gasteiger charge is 2.16. The molecule has 0 atom stereocenters. The molecular weight excluding hydrogens is 248 g/mol. The van der Waals surface area contributed by atoms with Gasteiger partial charge in [0.1, 0.15) is 0 Å². The van der Waals surface area contributed by atoms with Crippen molar-refractivity contribution in [3.8, 4) is 0 Å². The number of H-pyrrole nitrogens is 1. The van der Waals surface area contributed by atoms with Crippen LogP contribution < -0.4 is 10.4 Å². The molecule has 4 heteroatoms. The molecule has 20 heavy (non-hydrogen) atoms. The van der Waals surface area contributed by atoms with Gasteiger partial charge in [-0.25, -0.2) is 4.99 Å². The van der Waals surface area contributed by atoms with Crippen LogP contribution >= 0.6 is 0 Å². The van der Waals surface area contributed by atoms with Crippen LogP contribution in [0.5, 0.6) is 0 Å². The second kappa shape index (κ2) is 4.13. The number of hydrazine groups is 1. The number of hydrogen-bond donors (Lipinski definition) is 2. The number of nitrogens with one attached hydrogen (secondary N) is 2. The summed E-state index contributed by atoms with van der Waals surface area (Å²) in [6, 6.07) is 16.5. The number of amidine groups is 1. The SMILES string of the molecule is CN1NC(c2ccc3cc[nH]c3c2)=Nc2ccccc21. The fourth-order valence-electron chi connectivity index (χ4n) is 2.53. The number of aromatic amines is 1. The van der Waals surface area contributed by atoms with Crippen LogP contribution in [0.1, 0.15) is 5.56 Å². The van der Waals surface area contributed by atoms with Gasteiger partial charge < -0.3 is 4.98 Å². The van der Waals surface area contributed by atoms with E-state index in [2.05, 4.69) is 40.7 Å². The van der Waals surface area contributed by atoms with E-state index in [1.54, 1.807) is 0 Å². The Morgan fingerprint density at radius 1 is 1.05 bits per heavy atom. The minimum Gasteiger partial charge on any atom is -0.361 e. The van der Waals surface area contributed by atoms with E-state index >= 15 is 0 Å². The van der Waals surface area contributed by atoms with E-state index < -0.39 is 0 Å². The van der Waals surface area contributed by atoms with Crippen molar-refractivity contribution in [2.24, 2.45) is 4.99 Å². The molecule has 1 aliphatic rings. The Morgan fingerprint density at radius 3 is 2.90 bits per heavy atom. The number of para-hydroxylation sites is 2. The number of nitrogens with zero attached hydrogens (tertiary/aromatic N) is 2. The number of hydrogen-bond acceptors (Lipinski definition) is 3. The molecule has 3 aromatic rings. The van der Waals surface area contributed by atoms with E-state index in [4.69, 9.17) is 4.99 Å². The van der Waals surface area contributed by atoms with Gasteiger partial charge in [-0.05, 0) is 29.7 Å². The highest BCUT2D eigenvalue weighted by atomic mass is 15.5. The highest BCUT2D eigenvalue weighted by Crippen LogP contribution is 2.30. The van der Waals surface area contributed by atoms with Gasteiger partial charge in [0.05, 0.1) is 11.4 Å². The molecule has 0 saturated carbocycles. The maximum absolute atomic E-state index is 4.71. The first-order valence-corrected chi connectivity index (χ1v) is 6.57. The van der Waals surface area contributed by atoms with Gasteiger partial charge in [-0.1, -0.05) is 24.3 Å². The number of aliphatic imine (C=N–C) groups is 1. The van der Waals surface area contributed by atoms with Crippen molar-refractivity contribution in [3.63, 3.8) is 0 Å². The zero-order valence-electron chi connectivity index (χ0n) is 11.1. The summed E-state index contributed by atoms with van der Waals surface area (Å²) in [5.74, 6) is 0.864. The van der Waals surface area contributed by atoms with Crippen LogP contribution in [-0.4, -0.2) is 17.9 Å². The summed E-state index contributed by atoms with van der Waals surface area (Å²) >= 11 is 0. The minimum atomic E-state index is 0.864. The quantitative estimate of drug-likeness (QED) is 0.707. The second-order valence-electron chi connectivity index (χ2n) is 4.90. The molecule has 98 valence electrons. The van der Waals surface area contributed by atoms with E-state index in [-0.39, 0.29) is 0 Å². The maximum atomic E-state index is 4.71. The Kier molecular flexibility index (Phi) is 2.29. The summed E-state index contributed by atoms with van der Waals surface area (Å²) in [5, 5.41) is 3.20. The lowest BCUT2D eigenvalue weighted by Gasteiger charge is -2.28. The molecule has 0 bridgehead atoms. The molecule has 4 rings (SSSR count). The van der Waals surface area contributed by atoms with Gasteiger partial charge in [-0.3, -0.25) is 10.4 Å². The van der Waals surface area contributed by atoms with Crippen molar-refractivity contribution in [1.29, 1.82) is 0 Å². The number of fused-ring (bicyclic) bond motifs is 2. The first-order chi connectivity index (χ1) is 9.81. The second-order valence-corrected chi connectivity index (χ2v) is 4.90. The van der Waals surface area contributed by atoms with Crippen LogP contribution in [0.15, 0.2) is 59.7 Å². The molecule has 0 aliphatic carbocycles. The predicted octanol–water partition coefficient (Wildman–Crippen LogP) is 3.20. The molecule has 0 amide bonds. The lowest BCUT2D eigenvalue weighted by Crippen LogP contribution is -2.41. The maximum Gasteiger partial charge on any atom is 0.152 e. The topological polar surface area (TPSA) is 43.4 Å². The third-order valence-electron chi connectivity index (χ3n) is 3.58. The lowest BCUT2D eigenvalue weighted by atomic mass is 10.1. The van der Waals surface area contributed by atoms with Crippen molar-refractivity contribution in [2.45, 2.75) is 0 Å². The number of rotatable bonds is 1. The van der Waals surface area contributed by atoms with Crippen LogP contribution in [0, 0.1) is 0 Å². The van der Waals surface area contributed by atoms with Crippen LogP contribution in [0.4, 0.5) is 11.4 Å². The van der Waals surface area contributed by atoms with Crippen LogP contribution in [0.25, 0.3) is 10.9 Å². The largest absolute Gasteiger partial charge is 0.361 e. The van der Waals surface area contributed by atoms with E-state index in [0.29, 0.717) is 0 Å². The van der Waals surface area contributed by atoms with Crippen LogP contribution in [-0.2, 0) is 0 Å². The average molecular weight is 262 g/mol.